The number of nitrogens with two attached hydrogens (primary N) is 1. The van der Waals surface area contributed by atoms with Gasteiger partial charge < -0.3 is 10.6 Å². The van der Waals surface area contributed by atoms with Crippen molar-refractivity contribution in [1.82, 2.24) is 24.7 Å². The number of aryl methyl sites for hydroxylation is 2. The van der Waals surface area contributed by atoms with Gasteiger partial charge in [0.05, 0.1) is 0 Å². The Morgan fingerprint density at radius 1 is 1.18 bits per heavy atom. The molecular weight excluding hydrogens is 218 g/mol. The third-order valence-electron chi connectivity index (χ3n) is 2.19. The first kappa shape index (κ1) is 11.3. The smallest absolute Gasteiger partial charge is 0.246 e. The second-order valence-electron chi connectivity index (χ2n) is 3.99. The lowest BCUT2D eigenvalue weighted by atomic mass is 10.4. The van der Waals surface area contributed by atoms with Gasteiger partial charge in [-0.2, -0.15) is 9.67 Å². The summed E-state index contributed by atoms with van der Waals surface area (Å²) in [4.78, 5) is 14.4. The summed E-state index contributed by atoms with van der Waals surface area (Å²) in [6, 6.07) is 1.82. The summed E-state index contributed by atoms with van der Waals surface area (Å²) >= 11 is 0. The highest BCUT2D eigenvalue weighted by atomic mass is 15.5. The van der Waals surface area contributed by atoms with Crippen molar-refractivity contribution in [1.29, 1.82) is 0 Å². The molecule has 0 aliphatic rings. The minimum Gasteiger partial charge on any atom is -0.368 e. The quantitative estimate of drug-likeness (QED) is 0.804. The highest BCUT2D eigenvalue weighted by molar-refractivity contribution is 5.39. The molecule has 0 aliphatic carbocycles. The van der Waals surface area contributed by atoms with E-state index in [1.165, 1.54) is 4.68 Å². The fourth-order valence-corrected chi connectivity index (χ4v) is 1.48. The average Bonchev–Trinajstić information content (AvgIpc) is 2.59. The molecule has 0 atom stereocenters. The minimum atomic E-state index is 0.311. The first-order valence-corrected chi connectivity index (χ1v) is 5.20. The van der Waals surface area contributed by atoms with Gasteiger partial charge in [-0.1, -0.05) is 0 Å². The molecule has 0 saturated heterocycles. The van der Waals surface area contributed by atoms with Crippen molar-refractivity contribution in [2.24, 2.45) is 0 Å². The molecule has 90 valence electrons. The molecule has 0 fully saturated rings. The van der Waals surface area contributed by atoms with E-state index in [-0.39, 0.29) is 0 Å². The van der Waals surface area contributed by atoms with Gasteiger partial charge in [0.15, 0.2) is 5.82 Å². The molecule has 0 aliphatic heterocycles. The fourth-order valence-electron chi connectivity index (χ4n) is 1.48. The number of rotatable bonds is 2. The van der Waals surface area contributed by atoms with E-state index in [1.54, 1.807) is 4.90 Å². The molecule has 2 aromatic rings. The lowest BCUT2D eigenvalue weighted by Crippen LogP contribution is -2.11. The van der Waals surface area contributed by atoms with Crippen molar-refractivity contribution < 1.29 is 0 Å². The molecule has 0 aromatic carbocycles. The molecule has 0 amide bonds. The first-order valence-electron chi connectivity index (χ1n) is 5.20. The molecular formula is C10H15N7. The van der Waals surface area contributed by atoms with E-state index in [1.807, 2.05) is 34.0 Å². The maximum atomic E-state index is 5.81. The van der Waals surface area contributed by atoms with Crippen molar-refractivity contribution in [3.05, 3.63) is 17.6 Å². The predicted molar refractivity (Wildman–Crippen MR) is 65.2 cm³/mol. The van der Waals surface area contributed by atoms with Crippen molar-refractivity contribution >= 4 is 11.9 Å². The van der Waals surface area contributed by atoms with Gasteiger partial charge >= 0.3 is 0 Å². The number of hydrogen-bond acceptors (Lipinski definition) is 6. The molecule has 0 spiro atoms. The van der Waals surface area contributed by atoms with E-state index in [9.17, 15) is 0 Å². The topological polar surface area (TPSA) is 85.8 Å². The Hall–Kier alpha value is -2.18. The van der Waals surface area contributed by atoms with Gasteiger partial charge in [-0.25, -0.2) is 9.97 Å². The van der Waals surface area contributed by atoms with Crippen LogP contribution in [0.4, 0.5) is 11.9 Å². The first-order chi connectivity index (χ1) is 7.97. The molecule has 7 nitrogen and oxygen atoms in total. The van der Waals surface area contributed by atoms with Crippen LogP contribution in [0.15, 0.2) is 6.07 Å². The summed E-state index contributed by atoms with van der Waals surface area (Å²) in [6.07, 6.45) is 0. The second kappa shape index (κ2) is 4.00. The van der Waals surface area contributed by atoms with Crippen LogP contribution in [0.25, 0.3) is 5.82 Å². The molecule has 2 N–H and O–H groups in total. The van der Waals surface area contributed by atoms with E-state index >= 15 is 0 Å². The van der Waals surface area contributed by atoms with Crippen LogP contribution in [0.1, 0.15) is 11.5 Å². The highest BCUT2D eigenvalue weighted by Crippen LogP contribution is 2.13. The molecule has 0 saturated carbocycles. The Kier molecular flexibility index (Phi) is 2.66. The molecule has 2 heterocycles. The zero-order valence-corrected chi connectivity index (χ0v) is 10.3. The Labute approximate surface area is 99.3 Å². The number of nitrogens with zero attached hydrogens (tertiary/aromatic N) is 6. The largest absolute Gasteiger partial charge is 0.368 e. The predicted octanol–water partition coefficient (Wildman–Crippen LogP) is 0.322. The summed E-state index contributed by atoms with van der Waals surface area (Å²) < 4.78 is 1.51. The Balaban J connectivity index is 2.52. The van der Waals surface area contributed by atoms with Crippen LogP contribution in [0.5, 0.6) is 0 Å². The molecule has 0 bridgehead atoms. The second-order valence-corrected chi connectivity index (χ2v) is 3.99. The monoisotopic (exact) mass is 233 g/mol. The highest BCUT2D eigenvalue weighted by Gasteiger charge is 2.11. The van der Waals surface area contributed by atoms with E-state index < -0.39 is 0 Å². The van der Waals surface area contributed by atoms with E-state index in [2.05, 4.69) is 20.1 Å². The summed E-state index contributed by atoms with van der Waals surface area (Å²) in [5, 5.41) is 4.28. The van der Waals surface area contributed by atoms with Gasteiger partial charge in [-0.15, -0.1) is 5.10 Å². The van der Waals surface area contributed by atoms with Gasteiger partial charge in [-0.05, 0) is 13.8 Å². The zero-order chi connectivity index (χ0) is 12.6. The molecule has 2 rings (SSSR count). The minimum absolute atomic E-state index is 0.311. The van der Waals surface area contributed by atoms with Crippen LogP contribution in [-0.2, 0) is 0 Å². The Bertz CT molecular complexity index is 523. The van der Waals surface area contributed by atoms with Crippen LogP contribution in [0.3, 0.4) is 0 Å². The SMILES string of the molecule is Cc1cc(-n2nc(N(C)C)nc2N)nc(C)n1. The molecule has 7 heteroatoms. The van der Waals surface area contributed by atoms with Gasteiger partial charge in [0.25, 0.3) is 0 Å². The van der Waals surface area contributed by atoms with Gasteiger partial charge in [0.1, 0.15) is 5.82 Å². The Morgan fingerprint density at radius 3 is 2.41 bits per heavy atom. The summed E-state index contributed by atoms with van der Waals surface area (Å²) in [7, 11) is 3.71. The van der Waals surface area contributed by atoms with Crippen LogP contribution in [-0.4, -0.2) is 38.8 Å². The van der Waals surface area contributed by atoms with Crippen molar-refractivity contribution in [2.75, 3.05) is 24.7 Å². The zero-order valence-electron chi connectivity index (χ0n) is 10.3. The average molecular weight is 233 g/mol. The van der Waals surface area contributed by atoms with Crippen molar-refractivity contribution in [3.8, 4) is 5.82 Å². The molecule has 2 aromatic heterocycles. The number of nitrogen functional groups attached to an aromatic ring is 1. The van der Waals surface area contributed by atoms with E-state index in [0.717, 1.165) is 5.69 Å². The summed E-state index contributed by atoms with van der Waals surface area (Å²) in [5.74, 6) is 2.18. The van der Waals surface area contributed by atoms with Crippen molar-refractivity contribution in [2.45, 2.75) is 13.8 Å². The van der Waals surface area contributed by atoms with Gasteiger partial charge in [0.2, 0.25) is 11.9 Å². The lowest BCUT2D eigenvalue weighted by Gasteiger charge is -2.05. The van der Waals surface area contributed by atoms with Crippen molar-refractivity contribution in [3.63, 3.8) is 0 Å². The van der Waals surface area contributed by atoms with Gasteiger partial charge in [0, 0.05) is 25.9 Å². The van der Waals surface area contributed by atoms with E-state index in [0.29, 0.717) is 23.5 Å². The number of aromatic nitrogens is 5. The molecule has 17 heavy (non-hydrogen) atoms. The van der Waals surface area contributed by atoms with Crippen LogP contribution in [0.2, 0.25) is 0 Å². The molecule has 0 unspecified atom stereocenters. The van der Waals surface area contributed by atoms with Crippen LogP contribution >= 0.6 is 0 Å². The fraction of sp³-hybridized carbons (Fsp3) is 0.400. The number of hydrogen-bond donors (Lipinski definition) is 1. The van der Waals surface area contributed by atoms with Crippen LogP contribution in [0, 0.1) is 13.8 Å². The molecule has 0 radical (unpaired) electrons. The maximum absolute atomic E-state index is 5.81. The normalized spacial score (nSPS) is 10.6. The number of anilines is 2. The van der Waals surface area contributed by atoms with Crippen LogP contribution < -0.4 is 10.6 Å². The lowest BCUT2D eigenvalue weighted by molar-refractivity contribution is 0.823. The maximum Gasteiger partial charge on any atom is 0.246 e. The summed E-state index contributed by atoms with van der Waals surface area (Å²) in [6.45, 7) is 3.73. The summed E-state index contributed by atoms with van der Waals surface area (Å²) in [5.41, 5.74) is 6.68. The Morgan fingerprint density at radius 2 is 1.88 bits per heavy atom. The third kappa shape index (κ3) is 2.17. The third-order valence-corrected chi connectivity index (χ3v) is 2.19. The van der Waals surface area contributed by atoms with E-state index in [4.69, 9.17) is 5.73 Å². The standard InChI is InChI=1S/C10H15N7/c1-6-5-8(13-7(2)12-6)17-9(11)14-10(15-17)16(3)4/h5H,1-4H3,(H2,11,14,15). The van der Waals surface area contributed by atoms with Gasteiger partial charge in [-0.3, -0.25) is 0 Å².